The predicted octanol–water partition coefficient (Wildman–Crippen LogP) is 6.04. The molecule has 2 heterocycles. The number of halogens is 3. The molecular weight excluding hydrogens is 576 g/mol. The van der Waals surface area contributed by atoms with Crippen molar-refractivity contribution in [2.24, 2.45) is 0 Å². The minimum Gasteiger partial charge on any atom is -0.445 e. The number of piperidine rings is 1. The molecule has 3 atom stereocenters. The van der Waals surface area contributed by atoms with Crippen LogP contribution in [0.3, 0.4) is 0 Å². The molecule has 2 saturated heterocycles. The van der Waals surface area contributed by atoms with E-state index < -0.39 is 17.6 Å². The molecule has 2 aliphatic heterocycles. The third kappa shape index (κ3) is 7.42. The van der Waals surface area contributed by atoms with E-state index in [1.165, 1.54) is 18.2 Å². The van der Waals surface area contributed by atoms with Gasteiger partial charge < -0.3 is 20.3 Å². The van der Waals surface area contributed by atoms with Gasteiger partial charge in [0.2, 0.25) is 5.91 Å². The van der Waals surface area contributed by atoms with Crippen LogP contribution in [-0.4, -0.2) is 58.8 Å². The Kier molecular flexibility index (Phi) is 9.99. The first kappa shape index (κ1) is 30.5. The number of anilines is 2. The summed E-state index contributed by atoms with van der Waals surface area (Å²) >= 11 is 5.25. The average Bonchev–Trinajstić information content (AvgIpc) is 3.21. The van der Waals surface area contributed by atoms with Crippen LogP contribution in [0.4, 0.5) is 29.3 Å². The highest BCUT2D eigenvalue weighted by atomic mass is 32.4. The lowest BCUT2D eigenvalue weighted by Gasteiger charge is -2.40. The summed E-state index contributed by atoms with van der Waals surface area (Å²) in [6.45, 7) is 3.76. The van der Waals surface area contributed by atoms with E-state index in [0.29, 0.717) is 26.0 Å². The zero-order valence-electron chi connectivity index (χ0n) is 22.1. The highest BCUT2D eigenvalue weighted by molar-refractivity contribution is 7.95. The van der Waals surface area contributed by atoms with Crippen molar-refractivity contribution in [1.29, 1.82) is 0 Å². The number of rotatable bonds is 10. The lowest BCUT2D eigenvalue weighted by atomic mass is 9.97. The van der Waals surface area contributed by atoms with Crippen LogP contribution in [0, 0.1) is 0 Å². The first-order valence-corrected chi connectivity index (χ1v) is 15.0. The van der Waals surface area contributed by atoms with Crippen LogP contribution in [0.25, 0.3) is 0 Å². The Morgan fingerprint density at radius 1 is 1.12 bits per heavy atom. The second-order valence-electron chi connectivity index (χ2n) is 9.86. The van der Waals surface area contributed by atoms with Gasteiger partial charge in [-0.1, -0.05) is 30.9 Å². The first-order chi connectivity index (χ1) is 19.6. The number of carbonyl (C=O) groups excluding carboxylic acids is 3. The lowest BCUT2D eigenvalue weighted by molar-refractivity contribution is -0.137. The maximum absolute atomic E-state index is 13.1. The van der Waals surface area contributed by atoms with Crippen molar-refractivity contribution < 1.29 is 32.3 Å². The number of amides is 3. The molecular formula is C28H30F3N4O4PS. The van der Waals surface area contributed by atoms with Gasteiger partial charge in [0.25, 0.3) is 5.91 Å². The van der Waals surface area contributed by atoms with Crippen LogP contribution in [0.2, 0.25) is 0 Å². The van der Waals surface area contributed by atoms with Crippen LogP contribution in [-0.2, 0) is 27.5 Å². The largest absolute Gasteiger partial charge is 0.445 e. The van der Waals surface area contributed by atoms with Gasteiger partial charge in [-0.25, -0.2) is 4.79 Å². The smallest absolute Gasteiger partial charge is 0.416 e. The Labute approximate surface area is 242 Å². The molecule has 2 bridgehead atoms. The fourth-order valence-electron chi connectivity index (χ4n) is 5.38. The number of nitrogens with one attached hydrogen (secondary N) is 2. The van der Waals surface area contributed by atoms with Gasteiger partial charge >= 0.3 is 12.3 Å². The Morgan fingerprint density at radius 2 is 1.83 bits per heavy atom. The third-order valence-corrected chi connectivity index (χ3v) is 8.45. The van der Waals surface area contributed by atoms with Crippen molar-refractivity contribution in [3.8, 4) is 0 Å². The third-order valence-electron chi connectivity index (χ3n) is 7.20. The van der Waals surface area contributed by atoms with Crippen molar-refractivity contribution in [3.05, 3.63) is 72.3 Å². The minimum atomic E-state index is -4.49. The van der Waals surface area contributed by atoms with Crippen molar-refractivity contribution in [3.63, 3.8) is 0 Å². The molecule has 13 heteroatoms. The van der Waals surface area contributed by atoms with Gasteiger partial charge in [0.15, 0.2) is 0 Å². The minimum absolute atomic E-state index is 0.0233. The Morgan fingerprint density at radius 3 is 2.49 bits per heavy atom. The molecule has 2 fully saturated rings. The highest BCUT2D eigenvalue weighted by Gasteiger charge is 2.46. The summed E-state index contributed by atoms with van der Waals surface area (Å²) in [5, 5.41) is 5.60. The molecule has 2 N–H and O–H groups in total. The maximum atomic E-state index is 13.1. The van der Waals surface area contributed by atoms with Crippen LogP contribution < -0.4 is 10.6 Å². The molecule has 41 heavy (non-hydrogen) atoms. The molecule has 218 valence electrons. The predicted molar refractivity (Wildman–Crippen MR) is 152 cm³/mol. The average molecular weight is 607 g/mol. The maximum Gasteiger partial charge on any atom is 0.416 e. The number of ether oxygens (including phenoxy) is 1. The summed E-state index contributed by atoms with van der Waals surface area (Å²) in [5.41, 5.74) is -0.0673. The van der Waals surface area contributed by atoms with Crippen molar-refractivity contribution >= 4 is 48.6 Å². The van der Waals surface area contributed by atoms with Crippen molar-refractivity contribution in [2.45, 2.75) is 56.4 Å². The molecule has 8 nitrogen and oxygen atoms in total. The number of fused-ring (bicyclic) bond motifs is 2. The Balaban J connectivity index is 1.33. The molecule has 0 radical (unpaired) electrons. The summed E-state index contributed by atoms with van der Waals surface area (Å²) in [4.78, 5) is 40.3. The van der Waals surface area contributed by atoms with E-state index in [2.05, 4.69) is 17.2 Å². The summed E-state index contributed by atoms with van der Waals surface area (Å²) in [6.07, 6.45) is -0.424. The fourth-order valence-corrected chi connectivity index (χ4v) is 6.56. The van der Waals surface area contributed by atoms with Crippen molar-refractivity contribution in [1.82, 2.24) is 14.9 Å². The van der Waals surface area contributed by atoms with Gasteiger partial charge in [-0.3, -0.25) is 14.3 Å². The second-order valence-corrected chi connectivity index (χ2v) is 10.9. The van der Waals surface area contributed by atoms with E-state index in [1.807, 2.05) is 0 Å². The number of nitrogens with zero attached hydrogens (tertiary/aromatic N) is 2. The SMILES string of the molecule is C=CCOC(=O)N1[C@@H]2CC[C@H]1CC(N(P=S)C(=O)CCNC(=O)c1ccccc1Nc1cccc(C(F)(F)F)c1)C2. The monoisotopic (exact) mass is 606 g/mol. The second kappa shape index (κ2) is 13.4. The topological polar surface area (TPSA) is 91.0 Å². The van der Waals surface area contributed by atoms with Gasteiger partial charge in [-0.2, -0.15) is 13.2 Å². The number of benzene rings is 2. The first-order valence-electron chi connectivity index (χ1n) is 13.1. The molecule has 0 spiro atoms. The van der Waals surface area contributed by atoms with Crippen LogP contribution in [0.5, 0.6) is 0 Å². The van der Waals surface area contributed by atoms with E-state index in [9.17, 15) is 27.6 Å². The zero-order chi connectivity index (χ0) is 29.6. The van der Waals surface area contributed by atoms with Gasteiger partial charge in [0.05, 0.1) is 24.3 Å². The van der Waals surface area contributed by atoms with Gasteiger partial charge in [0, 0.05) is 36.8 Å². The number of carbonyl (C=O) groups is 3. The van der Waals surface area contributed by atoms with Gasteiger partial charge in [-0.05, 0) is 67.8 Å². The molecule has 2 aromatic carbocycles. The van der Waals surface area contributed by atoms with E-state index >= 15 is 0 Å². The number of hydrogen-bond acceptors (Lipinski definition) is 6. The molecule has 2 aromatic rings. The summed E-state index contributed by atoms with van der Waals surface area (Å²) < 4.78 is 46.1. The molecule has 3 amide bonds. The number of hydrogen-bond donors (Lipinski definition) is 2. The van der Waals surface area contributed by atoms with Crippen LogP contribution >= 0.6 is 7.51 Å². The lowest BCUT2D eigenvalue weighted by Crippen LogP contribution is -2.52. The van der Waals surface area contributed by atoms with Crippen molar-refractivity contribution in [2.75, 3.05) is 18.5 Å². The van der Waals surface area contributed by atoms with Gasteiger partial charge in [-0.15, -0.1) is 0 Å². The molecule has 0 aromatic heterocycles. The number of para-hydroxylation sites is 1. The molecule has 2 aliphatic rings. The standard InChI is InChI=1S/C28H30F3N4O4PS/c1-2-14-39-27(38)34-20-10-11-21(34)17-22(16-20)35(40-41)25(36)12-13-32-26(37)23-8-3-4-9-24(23)33-19-7-5-6-18(15-19)28(29,30)31/h2-9,15,20-22,33H,1,10-14,16-17H2,(H,32,37)/t20-,21+,22?. The van der Waals surface area contributed by atoms with E-state index in [0.717, 1.165) is 25.0 Å². The van der Waals surface area contributed by atoms with Gasteiger partial charge in [0.1, 0.15) is 6.61 Å². The molecule has 0 aliphatic carbocycles. The molecule has 4 rings (SSSR count). The van der Waals surface area contributed by atoms with E-state index in [4.69, 9.17) is 16.5 Å². The zero-order valence-corrected chi connectivity index (χ0v) is 23.8. The molecule has 1 unspecified atom stereocenters. The quantitative estimate of drug-likeness (QED) is 0.253. The summed E-state index contributed by atoms with van der Waals surface area (Å²) in [6, 6.07) is 11.0. The van der Waals surface area contributed by atoms with E-state index in [1.54, 1.807) is 33.8 Å². The Bertz CT molecular complexity index is 1300. The summed E-state index contributed by atoms with van der Waals surface area (Å²) in [5.74, 6) is -0.677. The van der Waals surface area contributed by atoms with Crippen LogP contribution in [0.1, 0.15) is 48.0 Å². The Hall–Kier alpha value is -3.50. The number of alkyl halides is 3. The fraction of sp³-hybridized carbons (Fsp3) is 0.393. The van der Waals surface area contributed by atoms with Crippen LogP contribution in [0.15, 0.2) is 61.2 Å². The summed E-state index contributed by atoms with van der Waals surface area (Å²) in [7, 11) is 0.372. The molecule has 0 saturated carbocycles. The normalized spacial score (nSPS) is 19.9. The van der Waals surface area contributed by atoms with E-state index in [-0.39, 0.29) is 60.9 Å². The highest BCUT2D eigenvalue weighted by Crippen LogP contribution is 2.39.